The van der Waals surface area contributed by atoms with Crippen LogP contribution in [-0.2, 0) is 9.47 Å². The van der Waals surface area contributed by atoms with Gasteiger partial charge in [-0.15, -0.1) is 0 Å². The van der Waals surface area contributed by atoms with Crippen molar-refractivity contribution in [1.82, 2.24) is 5.32 Å². The molecule has 1 unspecified atom stereocenters. The molecule has 1 atom stereocenters. The minimum absolute atomic E-state index is 0.187. The number of ether oxygens (including phenoxy) is 3. The molecule has 0 aliphatic rings. The van der Waals surface area contributed by atoms with Crippen molar-refractivity contribution in [3.8, 4) is 5.75 Å². The van der Waals surface area contributed by atoms with E-state index in [1.54, 1.807) is 14.2 Å². The van der Waals surface area contributed by atoms with Crippen LogP contribution in [-0.4, -0.2) is 40.6 Å². The fraction of sp³-hybridized carbons (Fsp3) is 0.600. The second-order valence-corrected chi connectivity index (χ2v) is 4.35. The highest BCUT2D eigenvalue weighted by Gasteiger charge is 2.11. The predicted molar refractivity (Wildman–Crippen MR) is 76.7 cm³/mol. The van der Waals surface area contributed by atoms with E-state index in [1.807, 2.05) is 18.2 Å². The van der Waals surface area contributed by atoms with Crippen LogP contribution in [0.3, 0.4) is 0 Å². The lowest BCUT2D eigenvalue weighted by Crippen LogP contribution is -2.27. The Morgan fingerprint density at radius 1 is 1.21 bits per heavy atom. The molecular weight excluding hydrogens is 242 g/mol. The zero-order valence-corrected chi connectivity index (χ0v) is 12.1. The number of rotatable bonds is 10. The van der Waals surface area contributed by atoms with Crippen molar-refractivity contribution in [2.75, 3.05) is 40.6 Å². The Labute approximate surface area is 116 Å². The molecule has 4 heteroatoms. The predicted octanol–water partition coefficient (Wildman–Crippen LogP) is 2.40. The highest BCUT2D eigenvalue weighted by Crippen LogP contribution is 2.19. The first-order valence-corrected chi connectivity index (χ1v) is 6.75. The van der Waals surface area contributed by atoms with Crippen molar-refractivity contribution in [2.45, 2.75) is 19.4 Å². The molecule has 0 radical (unpaired) electrons. The summed E-state index contributed by atoms with van der Waals surface area (Å²) in [5, 5.41) is 3.49. The van der Waals surface area contributed by atoms with Gasteiger partial charge in [-0.05, 0) is 30.7 Å². The third-order valence-electron chi connectivity index (χ3n) is 2.85. The monoisotopic (exact) mass is 267 g/mol. The van der Waals surface area contributed by atoms with E-state index in [-0.39, 0.29) is 6.04 Å². The van der Waals surface area contributed by atoms with Gasteiger partial charge in [-0.3, -0.25) is 0 Å². The Morgan fingerprint density at radius 2 is 2.05 bits per heavy atom. The van der Waals surface area contributed by atoms with Gasteiger partial charge in [-0.25, -0.2) is 0 Å². The van der Waals surface area contributed by atoms with Gasteiger partial charge in [0.15, 0.2) is 0 Å². The van der Waals surface area contributed by atoms with Crippen molar-refractivity contribution >= 4 is 0 Å². The molecule has 1 aromatic rings. The number of methoxy groups -OCH3 is 2. The molecule has 1 aromatic carbocycles. The zero-order chi connectivity index (χ0) is 13.9. The summed E-state index contributed by atoms with van der Waals surface area (Å²) < 4.78 is 15.9. The fourth-order valence-corrected chi connectivity index (χ4v) is 1.79. The van der Waals surface area contributed by atoms with Gasteiger partial charge in [0.2, 0.25) is 0 Å². The van der Waals surface area contributed by atoms with E-state index in [2.05, 4.69) is 18.3 Å². The van der Waals surface area contributed by atoms with Gasteiger partial charge in [0.05, 0.1) is 33.0 Å². The van der Waals surface area contributed by atoms with Crippen LogP contribution < -0.4 is 10.1 Å². The highest BCUT2D eigenvalue weighted by molar-refractivity contribution is 5.30. The van der Waals surface area contributed by atoms with E-state index in [9.17, 15) is 0 Å². The van der Waals surface area contributed by atoms with Crippen LogP contribution in [0.1, 0.15) is 24.9 Å². The number of hydrogen-bond acceptors (Lipinski definition) is 4. The summed E-state index contributed by atoms with van der Waals surface area (Å²) in [5.41, 5.74) is 1.19. The van der Waals surface area contributed by atoms with Crippen LogP contribution >= 0.6 is 0 Å². The average Bonchev–Trinajstić information content (AvgIpc) is 2.46. The molecule has 19 heavy (non-hydrogen) atoms. The van der Waals surface area contributed by atoms with Crippen molar-refractivity contribution < 1.29 is 14.2 Å². The van der Waals surface area contributed by atoms with Crippen LogP contribution in [0.15, 0.2) is 24.3 Å². The quantitative estimate of drug-likeness (QED) is 0.661. The molecule has 108 valence electrons. The summed E-state index contributed by atoms with van der Waals surface area (Å²) in [6.07, 6.45) is 1.10. The number of nitrogens with one attached hydrogen (secondary N) is 1. The standard InChI is InChI=1S/C15H25NO3/c1-4-8-16-15(12-19-10-9-17-2)13-6-5-7-14(11-13)18-3/h5-7,11,15-16H,4,8-10,12H2,1-3H3. The Balaban J connectivity index is 2.60. The van der Waals surface area contributed by atoms with Gasteiger partial charge < -0.3 is 19.5 Å². The fourth-order valence-electron chi connectivity index (χ4n) is 1.79. The lowest BCUT2D eigenvalue weighted by Gasteiger charge is -2.19. The Hall–Kier alpha value is -1.10. The van der Waals surface area contributed by atoms with E-state index in [0.717, 1.165) is 18.7 Å². The highest BCUT2D eigenvalue weighted by atomic mass is 16.5. The van der Waals surface area contributed by atoms with Gasteiger partial charge in [-0.2, -0.15) is 0 Å². The lowest BCUT2D eigenvalue weighted by molar-refractivity contribution is 0.0585. The molecule has 4 nitrogen and oxygen atoms in total. The maximum atomic E-state index is 5.63. The minimum Gasteiger partial charge on any atom is -0.497 e. The molecule has 0 aliphatic carbocycles. The molecule has 1 rings (SSSR count). The smallest absolute Gasteiger partial charge is 0.119 e. The normalized spacial score (nSPS) is 12.4. The molecule has 0 amide bonds. The summed E-state index contributed by atoms with van der Waals surface area (Å²) in [6, 6.07) is 8.28. The maximum absolute atomic E-state index is 5.63. The van der Waals surface area contributed by atoms with E-state index in [0.29, 0.717) is 19.8 Å². The summed E-state index contributed by atoms with van der Waals surface area (Å²) in [7, 11) is 3.36. The van der Waals surface area contributed by atoms with Crippen molar-refractivity contribution in [1.29, 1.82) is 0 Å². The van der Waals surface area contributed by atoms with Crippen molar-refractivity contribution in [2.24, 2.45) is 0 Å². The van der Waals surface area contributed by atoms with E-state index in [1.165, 1.54) is 5.56 Å². The molecule has 0 saturated carbocycles. The first-order chi connectivity index (χ1) is 9.31. The first kappa shape index (κ1) is 16.0. The van der Waals surface area contributed by atoms with Gasteiger partial charge >= 0.3 is 0 Å². The Morgan fingerprint density at radius 3 is 2.74 bits per heavy atom. The second-order valence-electron chi connectivity index (χ2n) is 4.35. The summed E-state index contributed by atoms with van der Waals surface area (Å²) in [6.45, 7) is 5.00. The van der Waals surface area contributed by atoms with Crippen LogP contribution in [0.4, 0.5) is 0 Å². The molecule has 0 bridgehead atoms. The van der Waals surface area contributed by atoms with Gasteiger partial charge in [0, 0.05) is 7.11 Å². The molecule has 0 heterocycles. The average molecular weight is 267 g/mol. The summed E-state index contributed by atoms with van der Waals surface area (Å²) in [4.78, 5) is 0. The number of hydrogen-bond donors (Lipinski definition) is 1. The van der Waals surface area contributed by atoms with E-state index >= 15 is 0 Å². The molecule has 1 N–H and O–H groups in total. The molecular formula is C15H25NO3. The maximum Gasteiger partial charge on any atom is 0.119 e. The van der Waals surface area contributed by atoms with Crippen LogP contribution in [0.5, 0.6) is 5.75 Å². The SMILES string of the molecule is CCCNC(COCCOC)c1cccc(OC)c1. The number of benzene rings is 1. The largest absolute Gasteiger partial charge is 0.497 e. The second kappa shape index (κ2) is 9.78. The van der Waals surface area contributed by atoms with Crippen molar-refractivity contribution in [3.63, 3.8) is 0 Å². The zero-order valence-electron chi connectivity index (χ0n) is 12.1. The molecule has 0 fully saturated rings. The third-order valence-corrected chi connectivity index (χ3v) is 2.85. The summed E-state index contributed by atoms with van der Waals surface area (Å²) in [5.74, 6) is 0.873. The van der Waals surface area contributed by atoms with Crippen LogP contribution in [0.2, 0.25) is 0 Å². The molecule has 0 saturated heterocycles. The summed E-state index contributed by atoms with van der Waals surface area (Å²) >= 11 is 0. The topological polar surface area (TPSA) is 39.7 Å². The van der Waals surface area contributed by atoms with Crippen molar-refractivity contribution in [3.05, 3.63) is 29.8 Å². The lowest BCUT2D eigenvalue weighted by atomic mass is 10.1. The first-order valence-electron chi connectivity index (χ1n) is 6.75. The Kier molecular flexibility index (Phi) is 8.21. The van der Waals surface area contributed by atoms with E-state index < -0.39 is 0 Å². The molecule has 0 aromatic heterocycles. The molecule has 0 spiro atoms. The molecule has 0 aliphatic heterocycles. The Bertz CT molecular complexity index is 344. The van der Waals surface area contributed by atoms with Crippen LogP contribution in [0.25, 0.3) is 0 Å². The van der Waals surface area contributed by atoms with Crippen LogP contribution in [0, 0.1) is 0 Å². The minimum atomic E-state index is 0.187. The van der Waals surface area contributed by atoms with E-state index in [4.69, 9.17) is 14.2 Å². The third kappa shape index (κ3) is 6.05. The van der Waals surface area contributed by atoms with Gasteiger partial charge in [-0.1, -0.05) is 19.1 Å². The van der Waals surface area contributed by atoms with Gasteiger partial charge in [0.1, 0.15) is 5.75 Å². The van der Waals surface area contributed by atoms with Gasteiger partial charge in [0.25, 0.3) is 0 Å².